The van der Waals surface area contributed by atoms with Gasteiger partial charge in [0.25, 0.3) is 5.91 Å². The molecule has 0 bridgehead atoms. The van der Waals surface area contributed by atoms with Gasteiger partial charge in [-0.1, -0.05) is 68.8 Å². The molecule has 0 aliphatic heterocycles. The lowest BCUT2D eigenvalue weighted by Crippen LogP contribution is -2.24. The Morgan fingerprint density at radius 1 is 0.968 bits per heavy atom. The number of nitrogens with zero attached hydrogens (tertiary/aromatic N) is 2. The fraction of sp³-hybridized carbons (Fsp3) is 0.462. The Balaban J connectivity index is 1.44. The summed E-state index contributed by atoms with van der Waals surface area (Å²) in [6.07, 6.45) is 10.5. The number of unbranched alkanes of at least 4 members (excludes halogenated alkanes) is 6. The molecular formula is C26H34ClN3O. The van der Waals surface area contributed by atoms with Crippen molar-refractivity contribution in [1.29, 1.82) is 0 Å². The molecule has 3 rings (SSSR count). The van der Waals surface area contributed by atoms with Gasteiger partial charge in [0.15, 0.2) is 0 Å². The first-order chi connectivity index (χ1) is 15.2. The molecule has 0 atom stereocenters. The van der Waals surface area contributed by atoms with Gasteiger partial charge in [0.1, 0.15) is 5.82 Å². The number of imidazole rings is 1. The van der Waals surface area contributed by atoms with Gasteiger partial charge in [-0.3, -0.25) is 4.79 Å². The van der Waals surface area contributed by atoms with Crippen molar-refractivity contribution in [2.45, 2.75) is 71.3 Å². The van der Waals surface area contributed by atoms with Crippen LogP contribution < -0.4 is 5.32 Å². The number of fused-ring (bicyclic) bond motifs is 1. The summed E-state index contributed by atoms with van der Waals surface area (Å²) in [6, 6.07) is 15.5. The number of hydrogen-bond acceptors (Lipinski definition) is 2. The first kappa shape index (κ1) is 23.3. The molecule has 0 unspecified atom stereocenters. The Hall–Kier alpha value is -2.33. The average molecular weight is 440 g/mol. The molecule has 166 valence electrons. The second kappa shape index (κ2) is 12.5. The van der Waals surface area contributed by atoms with Crippen LogP contribution in [0.15, 0.2) is 48.5 Å². The van der Waals surface area contributed by atoms with E-state index in [1.807, 2.05) is 0 Å². The van der Waals surface area contributed by atoms with E-state index in [1.54, 1.807) is 24.3 Å². The molecule has 0 aliphatic carbocycles. The molecule has 1 N–H and O–H groups in total. The largest absolute Gasteiger partial charge is 0.352 e. The van der Waals surface area contributed by atoms with Crippen LogP contribution in [0.2, 0.25) is 5.02 Å². The minimum atomic E-state index is -0.0626. The van der Waals surface area contributed by atoms with Crippen LogP contribution in [0.25, 0.3) is 11.0 Å². The zero-order chi connectivity index (χ0) is 21.9. The first-order valence-electron chi connectivity index (χ1n) is 11.7. The molecule has 0 radical (unpaired) electrons. The van der Waals surface area contributed by atoms with Gasteiger partial charge in [0, 0.05) is 30.1 Å². The number of aryl methyl sites for hydroxylation is 2. The van der Waals surface area contributed by atoms with Crippen LogP contribution in [0.4, 0.5) is 0 Å². The Morgan fingerprint density at radius 2 is 1.77 bits per heavy atom. The number of carbonyl (C=O) groups excluding carboxylic acids is 1. The zero-order valence-electron chi connectivity index (χ0n) is 18.6. The molecular weight excluding hydrogens is 406 g/mol. The Labute approximate surface area is 191 Å². The third kappa shape index (κ3) is 7.10. The van der Waals surface area contributed by atoms with Crippen molar-refractivity contribution in [1.82, 2.24) is 14.9 Å². The smallest absolute Gasteiger partial charge is 0.251 e. The highest BCUT2D eigenvalue weighted by atomic mass is 35.5. The lowest BCUT2D eigenvalue weighted by Gasteiger charge is -2.10. The van der Waals surface area contributed by atoms with E-state index in [-0.39, 0.29) is 5.91 Å². The van der Waals surface area contributed by atoms with E-state index in [4.69, 9.17) is 16.6 Å². The number of para-hydroxylation sites is 2. The van der Waals surface area contributed by atoms with Crippen molar-refractivity contribution in [3.8, 4) is 0 Å². The van der Waals surface area contributed by atoms with Gasteiger partial charge in [-0.15, -0.1) is 0 Å². The molecule has 1 amide bonds. The number of halogens is 1. The molecule has 4 nitrogen and oxygen atoms in total. The van der Waals surface area contributed by atoms with E-state index in [9.17, 15) is 4.79 Å². The molecule has 0 spiro atoms. The van der Waals surface area contributed by atoms with E-state index >= 15 is 0 Å². The number of carbonyl (C=O) groups is 1. The molecule has 1 aromatic heterocycles. The summed E-state index contributed by atoms with van der Waals surface area (Å²) in [7, 11) is 0. The molecule has 31 heavy (non-hydrogen) atoms. The molecule has 0 fully saturated rings. The highest BCUT2D eigenvalue weighted by molar-refractivity contribution is 6.30. The summed E-state index contributed by atoms with van der Waals surface area (Å²) < 4.78 is 2.42. The zero-order valence-corrected chi connectivity index (χ0v) is 19.3. The van der Waals surface area contributed by atoms with Crippen LogP contribution in [0.5, 0.6) is 0 Å². The van der Waals surface area contributed by atoms with E-state index in [0.29, 0.717) is 17.1 Å². The fourth-order valence-electron chi connectivity index (χ4n) is 3.96. The molecule has 0 saturated carbocycles. The monoisotopic (exact) mass is 439 g/mol. The van der Waals surface area contributed by atoms with Gasteiger partial charge >= 0.3 is 0 Å². The van der Waals surface area contributed by atoms with Crippen molar-refractivity contribution >= 4 is 28.5 Å². The maximum Gasteiger partial charge on any atom is 0.251 e. The highest BCUT2D eigenvalue weighted by Crippen LogP contribution is 2.19. The first-order valence-corrected chi connectivity index (χ1v) is 12.0. The molecule has 0 aliphatic rings. The van der Waals surface area contributed by atoms with E-state index < -0.39 is 0 Å². The third-order valence-corrected chi connectivity index (χ3v) is 5.90. The van der Waals surface area contributed by atoms with Crippen LogP contribution >= 0.6 is 11.6 Å². The van der Waals surface area contributed by atoms with Crippen LogP contribution in [-0.4, -0.2) is 22.0 Å². The topological polar surface area (TPSA) is 46.9 Å². The number of hydrogen-bond donors (Lipinski definition) is 1. The average Bonchev–Trinajstić information content (AvgIpc) is 3.13. The maximum atomic E-state index is 12.2. The summed E-state index contributed by atoms with van der Waals surface area (Å²) in [4.78, 5) is 17.1. The van der Waals surface area contributed by atoms with Gasteiger partial charge in [-0.25, -0.2) is 4.98 Å². The van der Waals surface area contributed by atoms with Crippen molar-refractivity contribution in [2.24, 2.45) is 0 Å². The van der Waals surface area contributed by atoms with Crippen LogP contribution in [0.3, 0.4) is 0 Å². The van der Waals surface area contributed by atoms with Crippen molar-refractivity contribution in [2.75, 3.05) is 6.54 Å². The Kier molecular flexibility index (Phi) is 9.41. The second-order valence-electron chi connectivity index (χ2n) is 8.16. The SMILES string of the molecule is CCCCCCCn1c(CCCCCNC(=O)c2cccc(Cl)c2)nc2ccccc21. The van der Waals surface area contributed by atoms with Crippen LogP contribution in [-0.2, 0) is 13.0 Å². The van der Waals surface area contributed by atoms with Gasteiger partial charge in [0.05, 0.1) is 11.0 Å². The Morgan fingerprint density at radius 3 is 2.61 bits per heavy atom. The number of benzene rings is 2. The maximum absolute atomic E-state index is 12.2. The van der Waals surface area contributed by atoms with E-state index in [1.165, 1.54) is 43.4 Å². The minimum absolute atomic E-state index is 0.0626. The molecule has 0 saturated heterocycles. The standard InChI is InChI=1S/C26H34ClN3O/c1-2-3-4-5-11-19-30-24-16-9-8-15-23(24)29-25(30)17-7-6-10-18-28-26(31)21-13-12-14-22(27)20-21/h8-9,12-16,20H,2-7,10-11,17-19H2,1H3,(H,28,31). The van der Waals surface area contributed by atoms with Crippen molar-refractivity contribution < 1.29 is 4.79 Å². The van der Waals surface area contributed by atoms with E-state index in [0.717, 1.165) is 37.7 Å². The van der Waals surface area contributed by atoms with Crippen molar-refractivity contribution in [3.05, 3.63) is 64.9 Å². The lowest BCUT2D eigenvalue weighted by atomic mass is 10.1. The Bertz CT molecular complexity index is 966. The highest BCUT2D eigenvalue weighted by Gasteiger charge is 2.10. The summed E-state index contributed by atoms with van der Waals surface area (Å²) in [5, 5.41) is 3.57. The normalized spacial score (nSPS) is 11.2. The summed E-state index contributed by atoms with van der Waals surface area (Å²) in [5.41, 5.74) is 2.96. The summed E-state index contributed by atoms with van der Waals surface area (Å²) in [6.45, 7) is 3.98. The second-order valence-corrected chi connectivity index (χ2v) is 8.60. The number of nitrogens with one attached hydrogen (secondary N) is 1. The van der Waals surface area contributed by atoms with Gasteiger partial charge in [-0.05, 0) is 49.6 Å². The summed E-state index contributed by atoms with van der Waals surface area (Å²) >= 11 is 5.96. The number of amides is 1. The van der Waals surface area contributed by atoms with Crippen molar-refractivity contribution in [3.63, 3.8) is 0 Å². The van der Waals surface area contributed by atoms with E-state index in [2.05, 4.69) is 41.1 Å². The summed E-state index contributed by atoms with van der Waals surface area (Å²) in [5.74, 6) is 1.13. The molecule has 3 aromatic rings. The number of aromatic nitrogens is 2. The predicted octanol–water partition coefficient (Wildman–Crippen LogP) is 6.80. The van der Waals surface area contributed by atoms with Gasteiger partial charge in [0.2, 0.25) is 0 Å². The number of rotatable bonds is 13. The van der Waals surface area contributed by atoms with Crippen LogP contribution in [0.1, 0.15) is 74.5 Å². The predicted molar refractivity (Wildman–Crippen MR) is 130 cm³/mol. The lowest BCUT2D eigenvalue weighted by molar-refractivity contribution is 0.0953. The molecule has 1 heterocycles. The molecule has 5 heteroatoms. The quantitative estimate of drug-likeness (QED) is 0.297. The van der Waals surface area contributed by atoms with Gasteiger partial charge < -0.3 is 9.88 Å². The minimum Gasteiger partial charge on any atom is -0.352 e. The van der Waals surface area contributed by atoms with Crippen LogP contribution in [0, 0.1) is 0 Å². The third-order valence-electron chi connectivity index (χ3n) is 5.67. The molecule has 2 aromatic carbocycles. The fourth-order valence-corrected chi connectivity index (χ4v) is 4.15. The van der Waals surface area contributed by atoms with Gasteiger partial charge in [-0.2, -0.15) is 0 Å².